The largest absolute Gasteiger partial charge is 0.342 e. The highest BCUT2D eigenvalue weighted by Gasteiger charge is 2.48. The molecule has 1 aliphatic carbocycles. The highest BCUT2D eigenvalue weighted by Crippen LogP contribution is 2.31. The summed E-state index contributed by atoms with van der Waals surface area (Å²) in [5.41, 5.74) is -0.265. The van der Waals surface area contributed by atoms with E-state index >= 15 is 0 Å². The summed E-state index contributed by atoms with van der Waals surface area (Å²) in [4.78, 5) is 27.2. The van der Waals surface area contributed by atoms with E-state index in [1.165, 1.54) is 0 Å². The fraction of sp³-hybridized carbons (Fsp3) is 0.750. The van der Waals surface area contributed by atoms with Crippen LogP contribution in [0.15, 0.2) is 12.2 Å². The standard InChI is InChI=1S/C16H26N2O2/c1-10(2)12-14(19)17-13(16(3,4)5)15(20)18(12)11-8-6-7-9-11/h6-7,10-13H,8-9H2,1-5H3,(H,17,19). The predicted molar refractivity (Wildman–Crippen MR) is 79.0 cm³/mol. The average molecular weight is 278 g/mol. The number of piperazine rings is 1. The van der Waals surface area contributed by atoms with Crippen molar-refractivity contribution in [2.75, 3.05) is 0 Å². The van der Waals surface area contributed by atoms with Gasteiger partial charge in [-0.05, 0) is 24.2 Å². The monoisotopic (exact) mass is 278 g/mol. The van der Waals surface area contributed by atoms with Crippen LogP contribution in [0.1, 0.15) is 47.5 Å². The van der Waals surface area contributed by atoms with Crippen LogP contribution in [0.3, 0.4) is 0 Å². The fourth-order valence-electron chi connectivity index (χ4n) is 3.15. The van der Waals surface area contributed by atoms with Crippen LogP contribution in [0.4, 0.5) is 0 Å². The van der Waals surface area contributed by atoms with Crippen molar-refractivity contribution in [3.63, 3.8) is 0 Å². The van der Waals surface area contributed by atoms with Crippen molar-refractivity contribution in [2.45, 2.75) is 65.6 Å². The van der Waals surface area contributed by atoms with E-state index < -0.39 is 6.04 Å². The maximum Gasteiger partial charge on any atom is 0.246 e. The number of carbonyl (C=O) groups excluding carboxylic acids is 2. The van der Waals surface area contributed by atoms with Gasteiger partial charge in [0.05, 0.1) is 0 Å². The Morgan fingerprint density at radius 3 is 2.20 bits per heavy atom. The third kappa shape index (κ3) is 2.60. The average Bonchev–Trinajstić information content (AvgIpc) is 2.82. The number of carbonyl (C=O) groups is 2. The first-order chi connectivity index (χ1) is 9.23. The number of nitrogens with one attached hydrogen (secondary N) is 1. The molecule has 0 radical (unpaired) electrons. The Balaban J connectivity index is 2.33. The molecule has 1 saturated heterocycles. The van der Waals surface area contributed by atoms with Gasteiger partial charge in [-0.25, -0.2) is 0 Å². The van der Waals surface area contributed by atoms with Gasteiger partial charge in [-0.15, -0.1) is 0 Å². The molecular weight excluding hydrogens is 252 g/mol. The molecule has 4 heteroatoms. The van der Waals surface area contributed by atoms with E-state index in [9.17, 15) is 9.59 Å². The van der Waals surface area contributed by atoms with E-state index in [4.69, 9.17) is 0 Å². The molecule has 0 spiro atoms. The molecule has 4 nitrogen and oxygen atoms in total. The Morgan fingerprint density at radius 2 is 1.75 bits per heavy atom. The minimum absolute atomic E-state index is 0.00794. The molecule has 2 amide bonds. The first kappa shape index (κ1) is 15.1. The van der Waals surface area contributed by atoms with Crippen molar-refractivity contribution in [3.05, 3.63) is 12.2 Å². The third-order valence-corrected chi connectivity index (χ3v) is 4.23. The summed E-state index contributed by atoms with van der Waals surface area (Å²) in [6.45, 7) is 10.00. The molecule has 0 aromatic carbocycles. The van der Waals surface area contributed by atoms with Crippen LogP contribution in [0, 0.1) is 11.3 Å². The summed E-state index contributed by atoms with van der Waals surface area (Å²) in [7, 11) is 0. The lowest BCUT2D eigenvalue weighted by Gasteiger charge is -2.47. The van der Waals surface area contributed by atoms with Gasteiger partial charge in [0.15, 0.2) is 0 Å². The molecule has 0 bridgehead atoms. The fourth-order valence-corrected chi connectivity index (χ4v) is 3.15. The summed E-state index contributed by atoms with van der Waals surface area (Å²) in [5, 5.41) is 2.94. The molecule has 1 N–H and O–H groups in total. The predicted octanol–water partition coefficient (Wildman–Crippen LogP) is 2.10. The lowest BCUT2D eigenvalue weighted by molar-refractivity contribution is -0.157. The van der Waals surface area contributed by atoms with Gasteiger partial charge in [0, 0.05) is 6.04 Å². The van der Waals surface area contributed by atoms with Gasteiger partial charge in [0.25, 0.3) is 0 Å². The first-order valence-corrected chi connectivity index (χ1v) is 7.51. The smallest absolute Gasteiger partial charge is 0.246 e. The molecule has 1 aliphatic heterocycles. The highest BCUT2D eigenvalue weighted by atomic mass is 16.2. The molecule has 2 unspecified atom stereocenters. The van der Waals surface area contributed by atoms with Crippen LogP contribution >= 0.6 is 0 Å². The van der Waals surface area contributed by atoms with Crippen molar-refractivity contribution < 1.29 is 9.59 Å². The second-order valence-electron chi connectivity index (χ2n) is 7.34. The van der Waals surface area contributed by atoms with E-state index in [-0.39, 0.29) is 35.2 Å². The number of nitrogens with zero attached hydrogens (tertiary/aromatic N) is 1. The topological polar surface area (TPSA) is 49.4 Å². The molecule has 1 heterocycles. The van der Waals surface area contributed by atoms with Gasteiger partial charge in [0.1, 0.15) is 12.1 Å². The van der Waals surface area contributed by atoms with Gasteiger partial charge in [0.2, 0.25) is 11.8 Å². The summed E-state index contributed by atoms with van der Waals surface area (Å²) in [6, 6.07) is -0.623. The Hall–Kier alpha value is -1.32. The molecule has 0 aromatic heterocycles. The van der Waals surface area contributed by atoms with Gasteiger partial charge >= 0.3 is 0 Å². The van der Waals surface area contributed by atoms with Gasteiger partial charge in [-0.2, -0.15) is 0 Å². The van der Waals surface area contributed by atoms with E-state index in [1.807, 2.05) is 39.5 Å². The minimum atomic E-state index is -0.425. The van der Waals surface area contributed by atoms with E-state index in [0.717, 1.165) is 12.8 Å². The summed E-state index contributed by atoms with van der Waals surface area (Å²) < 4.78 is 0. The molecule has 1 fully saturated rings. The van der Waals surface area contributed by atoms with Crippen molar-refractivity contribution in [2.24, 2.45) is 11.3 Å². The second-order valence-corrected chi connectivity index (χ2v) is 7.34. The Kier molecular flexibility index (Phi) is 3.94. The number of rotatable bonds is 2. The summed E-state index contributed by atoms with van der Waals surface area (Å²) in [6.07, 6.45) is 5.93. The summed E-state index contributed by atoms with van der Waals surface area (Å²) in [5.74, 6) is 0.191. The maximum absolute atomic E-state index is 12.9. The quantitative estimate of drug-likeness (QED) is 0.786. The van der Waals surface area contributed by atoms with Crippen molar-refractivity contribution in [1.29, 1.82) is 0 Å². The van der Waals surface area contributed by atoms with Gasteiger partial charge in [-0.3, -0.25) is 9.59 Å². The van der Waals surface area contributed by atoms with Crippen molar-refractivity contribution in [3.8, 4) is 0 Å². The highest BCUT2D eigenvalue weighted by molar-refractivity contribution is 5.97. The normalized spacial score (nSPS) is 28.4. The number of amides is 2. The Morgan fingerprint density at radius 1 is 1.20 bits per heavy atom. The molecule has 0 aromatic rings. The van der Waals surface area contributed by atoms with Crippen LogP contribution in [0.5, 0.6) is 0 Å². The Bertz CT molecular complexity index is 426. The molecule has 2 atom stereocenters. The van der Waals surface area contributed by atoms with Crippen LogP contribution in [0.25, 0.3) is 0 Å². The van der Waals surface area contributed by atoms with Crippen LogP contribution in [0.2, 0.25) is 0 Å². The molecule has 2 aliphatic rings. The summed E-state index contributed by atoms with van der Waals surface area (Å²) >= 11 is 0. The molecule has 0 saturated carbocycles. The number of hydrogen-bond donors (Lipinski definition) is 1. The van der Waals surface area contributed by atoms with E-state index in [2.05, 4.69) is 17.5 Å². The van der Waals surface area contributed by atoms with E-state index in [1.54, 1.807) is 0 Å². The minimum Gasteiger partial charge on any atom is -0.342 e. The zero-order chi connectivity index (χ0) is 15.1. The third-order valence-electron chi connectivity index (χ3n) is 4.23. The molecule has 112 valence electrons. The second kappa shape index (κ2) is 5.23. The van der Waals surface area contributed by atoms with Crippen LogP contribution < -0.4 is 5.32 Å². The number of hydrogen-bond acceptors (Lipinski definition) is 2. The van der Waals surface area contributed by atoms with Crippen LogP contribution in [-0.4, -0.2) is 34.8 Å². The van der Waals surface area contributed by atoms with Crippen molar-refractivity contribution >= 4 is 11.8 Å². The maximum atomic E-state index is 12.9. The van der Waals surface area contributed by atoms with E-state index in [0.29, 0.717) is 0 Å². The zero-order valence-electron chi connectivity index (χ0n) is 13.1. The SMILES string of the molecule is CC(C)C1C(=O)NC(C(C)(C)C)C(=O)N1C1CC=CC1. The van der Waals surface area contributed by atoms with Gasteiger partial charge in [-0.1, -0.05) is 46.8 Å². The zero-order valence-corrected chi connectivity index (χ0v) is 13.1. The molecule has 2 rings (SSSR count). The van der Waals surface area contributed by atoms with Gasteiger partial charge < -0.3 is 10.2 Å². The molecular formula is C16H26N2O2. The van der Waals surface area contributed by atoms with Crippen molar-refractivity contribution in [1.82, 2.24) is 10.2 Å². The van der Waals surface area contributed by atoms with Crippen LogP contribution in [-0.2, 0) is 9.59 Å². The lowest BCUT2D eigenvalue weighted by atomic mass is 9.82. The molecule has 20 heavy (non-hydrogen) atoms. The lowest BCUT2D eigenvalue weighted by Crippen LogP contribution is -2.69. The first-order valence-electron chi connectivity index (χ1n) is 7.51. The Labute approximate surface area is 121 Å².